The Labute approximate surface area is 161 Å². The lowest BCUT2D eigenvalue weighted by atomic mass is 10.0. The molecule has 1 aliphatic rings. The van der Waals surface area contributed by atoms with Crippen molar-refractivity contribution in [1.82, 2.24) is 9.97 Å². The molecular formula is C21H30N4O2. The number of benzene rings is 1. The van der Waals surface area contributed by atoms with Gasteiger partial charge in [-0.15, -0.1) is 0 Å². The molecular weight excluding hydrogens is 340 g/mol. The third kappa shape index (κ3) is 4.89. The number of H-pyrrole nitrogens is 1. The van der Waals surface area contributed by atoms with E-state index in [0.717, 1.165) is 50.3 Å². The van der Waals surface area contributed by atoms with E-state index in [9.17, 15) is 4.79 Å². The molecule has 0 radical (unpaired) electrons. The minimum atomic E-state index is -0.0295. The summed E-state index contributed by atoms with van der Waals surface area (Å²) in [6.07, 6.45) is 1.71. The number of nitrogens with zero attached hydrogens (tertiary/aromatic N) is 3. The van der Waals surface area contributed by atoms with Gasteiger partial charge in [-0.3, -0.25) is 9.78 Å². The Balaban J connectivity index is 1.74. The van der Waals surface area contributed by atoms with Crippen LogP contribution in [0, 0.1) is 5.92 Å². The third-order valence-electron chi connectivity index (χ3n) is 5.04. The number of hydrogen-bond acceptors (Lipinski definition) is 5. The lowest BCUT2D eigenvalue weighted by Crippen LogP contribution is -2.47. The maximum Gasteiger partial charge on any atom is 0.255 e. The average molecular weight is 370 g/mol. The number of anilines is 2. The molecule has 6 heteroatoms. The molecule has 0 spiro atoms. The number of piperazine rings is 1. The topological polar surface area (TPSA) is 61.5 Å². The molecule has 0 unspecified atom stereocenters. The van der Waals surface area contributed by atoms with Crippen molar-refractivity contribution < 1.29 is 4.74 Å². The molecule has 2 aromatic rings. The first-order valence-corrected chi connectivity index (χ1v) is 9.74. The molecule has 1 saturated heterocycles. The number of rotatable bonds is 7. The summed E-state index contributed by atoms with van der Waals surface area (Å²) in [5, 5.41) is 0. The van der Waals surface area contributed by atoms with Crippen LogP contribution in [0.4, 0.5) is 11.6 Å². The summed E-state index contributed by atoms with van der Waals surface area (Å²) < 4.78 is 5.31. The fraction of sp³-hybridized carbons (Fsp3) is 0.524. The predicted octanol–water partition coefficient (Wildman–Crippen LogP) is 2.83. The van der Waals surface area contributed by atoms with Crippen LogP contribution in [0.1, 0.15) is 31.5 Å². The van der Waals surface area contributed by atoms with E-state index < -0.39 is 0 Å². The molecule has 27 heavy (non-hydrogen) atoms. The molecule has 1 fully saturated rings. The SMILES string of the molecule is COCc1nc(N2CCN(c3ccccc3)CC2)[nH]c(=O)c1CCC(C)C. The van der Waals surface area contributed by atoms with E-state index in [-0.39, 0.29) is 5.56 Å². The number of methoxy groups -OCH3 is 1. The van der Waals surface area contributed by atoms with E-state index in [0.29, 0.717) is 18.5 Å². The van der Waals surface area contributed by atoms with Crippen LogP contribution in [0.15, 0.2) is 35.1 Å². The number of nitrogens with one attached hydrogen (secondary N) is 1. The number of aromatic amines is 1. The number of ether oxygens (including phenoxy) is 1. The fourth-order valence-electron chi connectivity index (χ4n) is 3.44. The lowest BCUT2D eigenvalue weighted by Gasteiger charge is -2.36. The first kappa shape index (κ1) is 19.4. The van der Waals surface area contributed by atoms with E-state index >= 15 is 0 Å². The molecule has 2 heterocycles. The zero-order valence-corrected chi connectivity index (χ0v) is 16.6. The summed E-state index contributed by atoms with van der Waals surface area (Å²) in [4.78, 5) is 25.0. The number of aromatic nitrogens is 2. The molecule has 0 saturated carbocycles. The van der Waals surface area contributed by atoms with Gasteiger partial charge in [0.2, 0.25) is 5.95 Å². The van der Waals surface area contributed by atoms with E-state index in [4.69, 9.17) is 9.72 Å². The van der Waals surface area contributed by atoms with Crippen molar-refractivity contribution in [2.75, 3.05) is 43.1 Å². The van der Waals surface area contributed by atoms with Crippen molar-refractivity contribution in [2.45, 2.75) is 33.3 Å². The smallest absolute Gasteiger partial charge is 0.255 e. The standard InChI is InChI=1S/C21H30N4O2/c1-16(2)9-10-18-19(15-27-3)22-21(23-20(18)26)25-13-11-24(12-14-25)17-7-5-4-6-8-17/h4-8,16H,9-15H2,1-3H3,(H,22,23,26). The molecule has 0 atom stereocenters. The van der Waals surface area contributed by atoms with Crippen molar-refractivity contribution in [3.05, 3.63) is 51.9 Å². The van der Waals surface area contributed by atoms with Crippen LogP contribution in [-0.4, -0.2) is 43.3 Å². The van der Waals surface area contributed by atoms with Crippen molar-refractivity contribution >= 4 is 11.6 Å². The van der Waals surface area contributed by atoms with E-state index in [1.165, 1.54) is 5.69 Å². The summed E-state index contributed by atoms with van der Waals surface area (Å²) in [5.41, 5.74) is 2.74. The first-order valence-electron chi connectivity index (χ1n) is 9.74. The lowest BCUT2D eigenvalue weighted by molar-refractivity contribution is 0.180. The minimum Gasteiger partial charge on any atom is -0.378 e. The van der Waals surface area contributed by atoms with Gasteiger partial charge in [0.05, 0.1) is 12.3 Å². The van der Waals surface area contributed by atoms with E-state index in [1.807, 2.05) is 6.07 Å². The molecule has 6 nitrogen and oxygen atoms in total. The Morgan fingerprint density at radius 3 is 2.41 bits per heavy atom. The van der Waals surface area contributed by atoms with E-state index in [2.05, 4.69) is 52.9 Å². The van der Waals surface area contributed by atoms with Gasteiger partial charge in [-0.25, -0.2) is 4.98 Å². The third-order valence-corrected chi connectivity index (χ3v) is 5.04. The Morgan fingerprint density at radius 2 is 1.78 bits per heavy atom. The summed E-state index contributed by atoms with van der Waals surface area (Å²) >= 11 is 0. The summed E-state index contributed by atoms with van der Waals surface area (Å²) in [5.74, 6) is 1.21. The summed E-state index contributed by atoms with van der Waals surface area (Å²) in [6, 6.07) is 10.4. The van der Waals surface area contributed by atoms with Gasteiger partial charge in [0.1, 0.15) is 0 Å². The second-order valence-electron chi connectivity index (χ2n) is 7.49. The highest BCUT2D eigenvalue weighted by Gasteiger charge is 2.21. The van der Waals surface area contributed by atoms with Crippen LogP contribution in [0.2, 0.25) is 0 Å². The Bertz CT molecular complexity index is 781. The van der Waals surface area contributed by atoms with Crippen LogP contribution in [-0.2, 0) is 17.8 Å². The highest BCUT2D eigenvalue weighted by atomic mass is 16.5. The zero-order valence-electron chi connectivity index (χ0n) is 16.6. The predicted molar refractivity (Wildman–Crippen MR) is 110 cm³/mol. The van der Waals surface area contributed by atoms with Crippen molar-refractivity contribution in [3.63, 3.8) is 0 Å². The quantitative estimate of drug-likeness (QED) is 0.812. The Hall–Kier alpha value is -2.34. The van der Waals surface area contributed by atoms with Crippen LogP contribution in [0.5, 0.6) is 0 Å². The highest BCUT2D eigenvalue weighted by Crippen LogP contribution is 2.19. The zero-order chi connectivity index (χ0) is 19.2. The number of hydrogen-bond donors (Lipinski definition) is 1. The van der Waals surface area contributed by atoms with Gasteiger partial charge in [0.25, 0.3) is 5.56 Å². The number of para-hydroxylation sites is 1. The Kier molecular flexibility index (Phi) is 6.50. The first-order chi connectivity index (χ1) is 13.1. The molecule has 0 bridgehead atoms. The molecule has 0 amide bonds. The minimum absolute atomic E-state index is 0.0295. The van der Waals surface area contributed by atoms with Crippen molar-refractivity contribution in [1.29, 1.82) is 0 Å². The summed E-state index contributed by atoms with van der Waals surface area (Å²) in [7, 11) is 1.65. The normalized spacial score (nSPS) is 14.8. The van der Waals surface area contributed by atoms with Gasteiger partial charge in [0.15, 0.2) is 0 Å². The van der Waals surface area contributed by atoms with E-state index in [1.54, 1.807) is 7.11 Å². The molecule has 1 N–H and O–H groups in total. The van der Waals surface area contributed by atoms with Crippen molar-refractivity contribution in [2.24, 2.45) is 5.92 Å². The van der Waals surface area contributed by atoms with Gasteiger partial charge in [-0.05, 0) is 30.9 Å². The fourth-order valence-corrected chi connectivity index (χ4v) is 3.44. The highest BCUT2D eigenvalue weighted by molar-refractivity contribution is 5.48. The molecule has 1 aliphatic heterocycles. The summed E-state index contributed by atoms with van der Waals surface area (Å²) in [6.45, 7) is 8.17. The second-order valence-corrected chi connectivity index (χ2v) is 7.49. The van der Waals surface area contributed by atoms with Crippen LogP contribution in [0.3, 0.4) is 0 Å². The monoisotopic (exact) mass is 370 g/mol. The molecule has 0 aliphatic carbocycles. The molecule has 146 valence electrons. The second kappa shape index (κ2) is 9.04. The van der Waals surface area contributed by atoms with Gasteiger partial charge >= 0.3 is 0 Å². The van der Waals surface area contributed by atoms with Crippen LogP contribution in [0.25, 0.3) is 0 Å². The van der Waals surface area contributed by atoms with Gasteiger partial charge in [-0.1, -0.05) is 32.0 Å². The molecule has 1 aromatic carbocycles. The van der Waals surface area contributed by atoms with Crippen molar-refractivity contribution in [3.8, 4) is 0 Å². The maximum atomic E-state index is 12.7. The molecule has 3 rings (SSSR count). The van der Waals surface area contributed by atoms with Gasteiger partial charge in [0, 0.05) is 44.5 Å². The van der Waals surface area contributed by atoms with Gasteiger partial charge in [-0.2, -0.15) is 0 Å². The van der Waals surface area contributed by atoms with Crippen LogP contribution < -0.4 is 15.4 Å². The maximum absolute atomic E-state index is 12.7. The van der Waals surface area contributed by atoms with Crippen LogP contribution >= 0.6 is 0 Å². The largest absolute Gasteiger partial charge is 0.378 e. The average Bonchev–Trinajstić information content (AvgIpc) is 2.68. The van der Waals surface area contributed by atoms with Gasteiger partial charge < -0.3 is 14.5 Å². The Morgan fingerprint density at radius 1 is 1.11 bits per heavy atom. The molecule has 1 aromatic heterocycles.